The van der Waals surface area contributed by atoms with Crippen LogP contribution >= 0.6 is 0 Å². The molecule has 1 aliphatic heterocycles. The van der Waals surface area contributed by atoms with E-state index in [1.165, 1.54) is 6.07 Å². The van der Waals surface area contributed by atoms with Crippen molar-refractivity contribution < 1.29 is 18.7 Å². The van der Waals surface area contributed by atoms with Crippen molar-refractivity contribution >= 4 is 17.5 Å². The second kappa shape index (κ2) is 7.12. The number of hydrogen-bond donors (Lipinski definition) is 2. The number of carbonyl (C=O) groups excluding carboxylic acids is 2. The van der Waals surface area contributed by atoms with Crippen molar-refractivity contribution in [1.29, 1.82) is 0 Å². The van der Waals surface area contributed by atoms with Crippen LogP contribution in [0.2, 0.25) is 0 Å². The zero-order valence-corrected chi connectivity index (χ0v) is 13.0. The number of fused-ring (bicyclic) bond motifs is 1. The molecule has 2 N–H and O–H groups in total. The molecule has 5 nitrogen and oxygen atoms in total. The summed E-state index contributed by atoms with van der Waals surface area (Å²) < 4.78 is 19.0. The number of halogens is 1. The molecular formula is C18H17FN2O3. The molecule has 2 aromatic carbocycles. The molecule has 0 aliphatic carbocycles. The minimum absolute atomic E-state index is 0.116. The molecule has 2 aromatic rings. The molecular weight excluding hydrogens is 311 g/mol. The van der Waals surface area contributed by atoms with Crippen LogP contribution in [0, 0.1) is 5.82 Å². The first-order valence-electron chi connectivity index (χ1n) is 7.67. The van der Waals surface area contributed by atoms with E-state index in [-0.39, 0.29) is 30.6 Å². The Morgan fingerprint density at radius 2 is 2.08 bits per heavy atom. The molecule has 0 bridgehead atoms. The Balaban J connectivity index is 1.62. The van der Waals surface area contributed by atoms with Gasteiger partial charge in [-0.1, -0.05) is 24.3 Å². The summed E-state index contributed by atoms with van der Waals surface area (Å²) in [6.45, 7) is 0.470. The summed E-state index contributed by atoms with van der Waals surface area (Å²) in [6.07, 6.45) is 0.435. The standard InChI is InChI=1S/C18H17FN2O3/c19-14-4-2-1-3-13(14)11-20-18(23)10-12-5-6-16-15(9-12)21-17(22)7-8-24-16/h1-6,9H,7-8,10-11H2,(H,20,23)(H,21,22). The van der Waals surface area contributed by atoms with Gasteiger partial charge in [0.2, 0.25) is 11.8 Å². The van der Waals surface area contributed by atoms with Gasteiger partial charge in [-0.25, -0.2) is 4.39 Å². The molecule has 0 saturated carbocycles. The van der Waals surface area contributed by atoms with Crippen LogP contribution in [0.3, 0.4) is 0 Å². The Morgan fingerprint density at radius 3 is 2.92 bits per heavy atom. The van der Waals surface area contributed by atoms with Gasteiger partial charge >= 0.3 is 0 Å². The van der Waals surface area contributed by atoms with Crippen LogP contribution in [0.15, 0.2) is 42.5 Å². The number of carbonyl (C=O) groups is 2. The zero-order valence-electron chi connectivity index (χ0n) is 13.0. The maximum absolute atomic E-state index is 13.5. The highest BCUT2D eigenvalue weighted by atomic mass is 19.1. The normalized spacial score (nSPS) is 13.3. The summed E-state index contributed by atoms with van der Waals surface area (Å²) in [5, 5.41) is 5.45. The smallest absolute Gasteiger partial charge is 0.227 e. The molecule has 24 heavy (non-hydrogen) atoms. The number of amides is 2. The van der Waals surface area contributed by atoms with Crippen molar-refractivity contribution in [1.82, 2.24) is 5.32 Å². The molecule has 0 aromatic heterocycles. The van der Waals surface area contributed by atoms with E-state index in [9.17, 15) is 14.0 Å². The third-order valence-corrected chi connectivity index (χ3v) is 3.70. The predicted octanol–water partition coefficient (Wildman–Crippen LogP) is 2.41. The van der Waals surface area contributed by atoms with Crippen molar-refractivity contribution in [3.05, 3.63) is 59.4 Å². The molecule has 0 saturated heterocycles. The Morgan fingerprint density at radius 1 is 1.25 bits per heavy atom. The predicted molar refractivity (Wildman–Crippen MR) is 87.1 cm³/mol. The molecule has 124 valence electrons. The van der Waals surface area contributed by atoms with Gasteiger partial charge < -0.3 is 15.4 Å². The van der Waals surface area contributed by atoms with E-state index in [0.717, 1.165) is 5.56 Å². The van der Waals surface area contributed by atoms with Gasteiger partial charge in [-0.05, 0) is 23.8 Å². The lowest BCUT2D eigenvalue weighted by Crippen LogP contribution is -2.25. The van der Waals surface area contributed by atoms with Crippen LogP contribution in [0.4, 0.5) is 10.1 Å². The number of anilines is 1. The molecule has 2 amide bonds. The van der Waals surface area contributed by atoms with E-state index in [0.29, 0.717) is 30.0 Å². The summed E-state index contributed by atoms with van der Waals surface area (Å²) in [6, 6.07) is 11.6. The maximum atomic E-state index is 13.5. The highest BCUT2D eigenvalue weighted by Crippen LogP contribution is 2.28. The third kappa shape index (κ3) is 3.90. The fraction of sp³-hybridized carbons (Fsp3) is 0.222. The van der Waals surface area contributed by atoms with E-state index in [2.05, 4.69) is 10.6 Å². The van der Waals surface area contributed by atoms with E-state index in [1.807, 2.05) is 0 Å². The van der Waals surface area contributed by atoms with E-state index in [4.69, 9.17) is 4.74 Å². The minimum atomic E-state index is -0.345. The highest BCUT2D eigenvalue weighted by Gasteiger charge is 2.15. The number of benzene rings is 2. The first-order valence-corrected chi connectivity index (χ1v) is 7.67. The van der Waals surface area contributed by atoms with Crippen molar-refractivity contribution in [2.24, 2.45) is 0 Å². The monoisotopic (exact) mass is 328 g/mol. The zero-order chi connectivity index (χ0) is 16.9. The molecule has 0 fully saturated rings. The maximum Gasteiger partial charge on any atom is 0.227 e. The lowest BCUT2D eigenvalue weighted by atomic mass is 10.1. The summed E-state index contributed by atoms with van der Waals surface area (Å²) in [4.78, 5) is 23.6. The molecule has 1 heterocycles. The first-order chi connectivity index (χ1) is 11.6. The highest BCUT2D eigenvalue weighted by molar-refractivity contribution is 5.93. The number of nitrogens with one attached hydrogen (secondary N) is 2. The second-order valence-corrected chi connectivity index (χ2v) is 5.52. The van der Waals surface area contributed by atoms with Crippen LogP contribution in [-0.4, -0.2) is 18.4 Å². The van der Waals surface area contributed by atoms with Gasteiger partial charge in [-0.15, -0.1) is 0 Å². The fourth-order valence-corrected chi connectivity index (χ4v) is 2.46. The molecule has 1 aliphatic rings. The number of hydrogen-bond acceptors (Lipinski definition) is 3. The van der Waals surface area contributed by atoms with Gasteiger partial charge in [0.15, 0.2) is 0 Å². The number of rotatable bonds is 4. The quantitative estimate of drug-likeness (QED) is 0.906. The average molecular weight is 328 g/mol. The summed E-state index contributed by atoms with van der Waals surface area (Å²) >= 11 is 0. The summed E-state index contributed by atoms with van der Waals surface area (Å²) in [7, 11) is 0. The largest absolute Gasteiger partial charge is 0.491 e. The minimum Gasteiger partial charge on any atom is -0.491 e. The van der Waals surface area contributed by atoms with E-state index in [1.54, 1.807) is 36.4 Å². The van der Waals surface area contributed by atoms with Gasteiger partial charge in [-0.3, -0.25) is 9.59 Å². The van der Waals surface area contributed by atoms with Crippen LogP contribution in [0.1, 0.15) is 17.5 Å². The Hall–Kier alpha value is -2.89. The molecule has 0 atom stereocenters. The van der Waals surface area contributed by atoms with Gasteiger partial charge in [0.1, 0.15) is 11.6 Å². The van der Waals surface area contributed by atoms with Crippen molar-refractivity contribution in [2.45, 2.75) is 19.4 Å². The van der Waals surface area contributed by atoms with Crippen LogP contribution < -0.4 is 15.4 Å². The first kappa shape index (κ1) is 16.0. The van der Waals surface area contributed by atoms with Crippen molar-refractivity contribution in [3.8, 4) is 5.75 Å². The number of ether oxygens (including phenoxy) is 1. The van der Waals surface area contributed by atoms with Gasteiger partial charge in [0.25, 0.3) is 0 Å². The summed E-state index contributed by atoms with van der Waals surface area (Å²) in [5.41, 5.74) is 1.75. The van der Waals surface area contributed by atoms with Crippen molar-refractivity contribution in [2.75, 3.05) is 11.9 Å². The molecule has 6 heteroatoms. The molecule has 3 rings (SSSR count). The second-order valence-electron chi connectivity index (χ2n) is 5.52. The third-order valence-electron chi connectivity index (χ3n) is 3.70. The summed E-state index contributed by atoms with van der Waals surface area (Å²) in [5.74, 6) is -0.0898. The Kier molecular flexibility index (Phi) is 4.74. The van der Waals surface area contributed by atoms with Gasteiger partial charge in [0, 0.05) is 12.1 Å². The Bertz CT molecular complexity index is 777. The van der Waals surface area contributed by atoms with Crippen LogP contribution in [-0.2, 0) is 22.6 Å². The van der Waals surface area contributed by atoms with Gasteiger partial charge in [0.05, 0.1) is 25.1 Å². The lowest BCUT2D eigenvalue weighted by molar-refractivity contribution is -0.120. The average Bonchev–Trinajstić information content (AvgIpc) is 2.74. The van der Waals surface area contributed by atoms with Crippen LogP contribution in [0.5, 0.6) is 5.75 Å². The lowest BCUT2D eigenvalue weighted by Gasteiger charge is -2.10. The van der Waals surface area contributed by atoms with E-state index < -0.39 is 0 Å². The molecule has 0 radical (unpaired) electrons. The van der Waals surface area contributed by atoms with Crippen LogP contribution in [0.25, 0.3) is 0 Å². The van der Waals surface area contributed by atoms with Gasteiger partial charge in [-0.2, -0.15) is 0 Å². The molecule has 0 spiro atoms. The Labute approximate surface area is 138 Å². The van der Waals surface area contributed by atoms with Crippen molar-refractivity contribution in [3.63, 3.8) is 0 Å². The SMILES string of the molecule is O=C(Cc1ccc2c(c1)NC(=O)CCO2)NCc1ccccc1F. The van der Waals surface area contributed by atoms with E-state index >= 15 is 0 Å². The molecule has 0 unspecified atom stereocenters. The topological polar surface area (TPSA) is 67.4 Å². The fourth-order valence-electron chi connectivity index (χ4n) is 2.46.